The summed E-state index contributed by atoms with van der Waals surface area (Å²) < 4.78 is 5.73. The van der Waals surface area contributed by atoms with Gasteiger partial charge in [0.15, 0.2) is 0 Å². The highest BCUT2D eigenvalue weighted by Crippen LogP contribution is 2.41. The first-order chi connectivity index (χ1) is 9.90. The molecule has 1 saturated carbocycles. The van der Waals surface area contributed by atoms with Crippen molar-refractivity contribution in [2.45, 2.75) is 51.0 Å². The lowest BCUT2D eigenvalue weighted by Gasteiger charge is -2.35. The van der Waals surface area contributed by atoms with Crippen LogP contribution in [0.3, 0.4) is 0 Å². The molecule has 20 heavy (non-hydrogen) atoms. The van der Waals surface area contributed by atoms with Crippen LogP contribution < -0.4 is 5.32 Å². The number of hydrogen-bond acceptors (Lipinski definition) is 2. The molecule has 2 atom stereocenters. The van der Waals surface area contributed by atoms with Crippen molar-refractivity contribution in [3.05, 3.63) is 35.4 Å². The van der Waals surface area contributed by atoms with Crippen molar-refractivity contribution >= 4 is 0 Å². The molecular formula is C18H27NO. The monoisotopic (exact) mass is 273 g/mol. The van der Waals surface area contributed by atoms with Crippen LogP contribution in [0.1, 0.15) is 62.1 Å². The number of hydrogen-bond donors (Lipinski definition) is 1. The zero-order chi connectivity index (χ0) is 13.8. The lowest BCUT2D eigenvalue weighted by molar-refractivity contribution is 0.0390. The second-order valence-corrected chi connectivity index (χ2v) is 6.27. The Balaban J connectivity index is 1.85. The van der Waals surface area contributed by atoms with Crippen LogP contribution in [-0.4, -0.2) is 19.8 Å². The fourth-order valence-corrected chi connectivity index (χ4v) is 3.66. The van der Waals surface area contributed by atoms with Gasteiger partial charge >= 0.3 is 0 Å². The highest BCUT2D eigenvalue weighted by molar-refractivity contribution is 5.34. The summed E-state index contributed by atoms with van der Waals surface area (Å²) in [6.07, 6.45) is 6.64. The summed E-state index contributed by atoms with van der Waals surface area (Å²) in [7, 11) is 0. The molecule has 0 amide bonds. The second kappa shape index (κ2) is 6.73. The van der Waals surface area contributed by atoms with E-state index in [1.54, 1.807) is 5.56 Å². The topological polar surface area (TPSA) is 21.3 Å². The number of rotatable bonds is 5. The van der Waals surface area contributed by atoms with Gasteiger partial charge in [0, 0.05) is 18.6 Å². The van der Waals surface area contributed by atoms with Gasteiger partial charge in [-0.3, -0.25) is 0 Å². The van der Waals surface area contributed by atoms with Gasteiger partial charge in [0.25, 0.3) is 0 Å². The molecule has 0 aromatic heterocycles. The van der Waals surface area contributed by atoms with E-state index in [1.165, 1.54) is 37.7 Å². The molecule has 1 aliphatic heterocycles. The van der Waals surface area contributed by atoms with Crippen LogP contribution in [0.2, 0.25) is 0 Å². The third-order valence-corrected chi connectivity index (χ3v) is 4.97. The molecule has 0 spiro atoms. The van der Waals surface area contributed by atoms with Gasteiger partial charge in [-0.2, -0.15) is 0 Å². The van der Waals surface area contributed by atoms with Gasteiger partial charge in [-0.05, 0) is 49.3 Å². The third kappa shape index (κ3) is 2.91. The van der Waals surface area contributed by atoms with Crippen molar-refractivity contribution in [2.24, 2.45) is 5.92 Å². The minimum Gasteiger partial charge on any atom is -0.381 e. The van der Waals surface area contributed by atoms with Crippen molar-refractivity contribution < 1.29 is 4.74 Å². The summed E-state index contributed by atoms with van der Waals surface area (Å²) in [6.45, 7) is 5.10. The Morgan fingerprint density at radius 1 is 1.20 bits per heavy atom. The molecular weight excluding hydrogens is 246 g/mol. The van der Waals surface area contributed by atoms with Crippen LogP contribution in [0.15, 0.2) is 24.3 Å². The van der Waals surface area contributed by atoms with Crippen LogP contribution in [0.25, 0.3) is 0 Å². The van der Waals surface area contributed by atoms with Gasteiger partial charge in [-0.15, -0.1) is 0 Å². The molecule has 2 aliphatic rings. The van der Waals surface area contributed by atoms with Crippen molar-refractivity contribution in [1.82, 2.24) is 5.32 Å². The molecule has 1 aliphatic carbocycles. The summed E-state index contributed by atoms with van der Waals surface area (Å²) in [4.78, 5) is 0. The van der Waals surface area contributed by atoms with E-state index in [0.29, 0.717) is 12.0 Å². The standard InChI is InChI=1S/C18H27NO/c1-2-19-18(15-9-6-12-20-13-15)17-11-4-3-10-16(17)14-7-5-8-14/h3-4,10-11,14-15,18-19H,2,5-9,12-13H2,1H3. The Hall–Kier alpha value is -0.860. The normalized spacial score (nSPS) is 25.1. The predicted octanol–water partition coefficient (Wildman–Crippen LogP) is 4.03. The Bertz CT molecular complexity index is 421. The lowest BCUT2D eigenvalue weighted by Crippen LogP contribution is -2.34. The van der Waals surface area contributed by atoms with E-state index in [1.807, 2.05) is 0 Å². The average molecular weight is 273 g/mol. The van der Waals surface area contributed by atoms with Crippen LogP contribution >= 0.6 is 0 Å². The molecule has 110 valence electrons. The van der Waals surface area contributed by atoms with E-state index in [4.69, 9.17) is 4.74 Å². The Labute approximate surface area is 122 Å². The number of benzene rings is 1. The molecule has 1 aromatic carbocycles. The molecule has 0 radical (unpaired) electrons. The number of nitrogens with one attached hydrogen (secondary N) is 1. The smallest absolute Gasteiger partial charge is 0.0512 e. The van der Waals surface area contributed by atoms with Gasteiger partial charge < -0.3 is 10.1 Å². The Morgan fingerprint density at radius 3 is 2.70 bits per heavy atom. The molecule has 3 rings (SSSR count). The van der Waals surface area contributed by atoms with Crippen molar-refractivity contribution in [2.75, 3.05) is 19.8 Å². The van der Waals surface area contributed by atoms with Gasteiger partial charge in [-0.25, -0.2) is 0 Å². The lowest BCUT2D eigenvalue weighted by atomic mass is 9.75. The van der Waals surface area contributed by atoms with Gasteiger partial charge in [0.1, 0.15) is 0 Å². The molecule has 2 unspecified atom stereocenters. The largest absolute Gasteiger partial charge is 0.381 e. The summed E-state index contributed by atoms with van der Waals surface area (Å²) in [6, 6.07) is 9.57. The first-order valence-corrected chi connectivity index (χ1v) is 8.30. The molecule has 2 fully saturated rings. The van der Waals surface area contributed by atoms with Crippen LogP contribution in [0.4, 0.5) is 0 Å². The zero-order valence-electron chi connectivity index (χ0n) is 12.6. The SMILES string of the molecule is CCNC(c1ccccc1C1CCC1)C1CCCOC1. The van der Waals surface area contributed by atoms with Gasteiger partial charge in [-0.1, -0.05) is 37.6 Å². The molecule has 2 nitrogen and oxygen atoms in total. The fraction of sp³-hybridized carbons (Fsp3) is 0.667. The van der Waals surface area contributed by atoms with Gasteiger partial charge in [0.2, 0.25) is 0 Å². The van der Waals surface area contributed by atoms with Crippen LogP contribution in [-0.2, 0) is 4.74 Å². The zero-order valence-corrected chi connectivity index (χ0v) is 12.6. The maximum Gasteiger partial charge on any atom is 0.0512 e. The van der Waals surface area contributed by atoms with Crippen molar-refractivity contribution in [3.8, 4) is 0 Å². The minimum absolute atomic E-state index is 0.470. The molecule has 1 heterocycles. The molecule has 1 saturated heterocycles. The summed E-state index contributed by atoms with van der Waals surface area (Å²) in [5.74, 6) is 1.43. The molecule has 1 aromatic rings. The maximum atomic E-state index is 5.73. The molecule has 2 heteroatoms. The summed E-state index contributed by atoms with van der Waals surface area (Å²) >= 11 is 0. The third-order valence-electron chi connectivity index (χ3n) is 4.97. The molecule has 1 N–H and O–H groups in total. The average Bonchev–Trinajstić information content (AvgIpc) is 2.45. The summed E-state index contributed by atoms with van der Waals surface area (Å²) in [5, 5.41) is 3.73. The summed E-state index contributed by atoms with van der Waals surface area (Å²) in [5.41, 5.74) is 3.13. The Kier molecular flexibility index (Phi) is 4.74. The van der Waals surface area contributed by atoms with E-state index < -0.39 is 0 Å². The van der Waals surface area contributed by atoms with Gasteiger partial charge in [0.05, 0.1) is 6.61 Å². The quantitative estimate of drug-likeness (QED) is 0.874. The Morgan fingerprint density at radius 2 is 2.05 bits per heavy atom. The van der Waals surface area contributed by atoms with Crippen molar-refractivity contribution in [1.29, 1.82) is 0 Å². The number of ether oxygens (including phenoxy) is 1. The maximum absolute atomic E-state index is 5.73. The van der Waals surface area contributed by atoms with E-state index in [0.717, 1.165) is 25.7 Å². The highest BCUT2D eigenvalue weighted by atomic mass is 16.5. The van der Waals surface area contributed by atoms with Crippen LogP contribution in [0, 0.1) is 5.92 Å². The van der Waals surface area contributed by atoms with E-state index in [9.17, 15) is 0 Å². The predicted molar refractivity (Wildman–Crippen MR) is 83.0 cm³/mol. The van der Waals surface area contributed by atoms with Crippen molar-refractivity contribution in [3.63, 3.8) is 0 Å². The van der Waals surface area contributed by atoms with E-state index in [2.05, 4.69) is 36.5 Å². The first kappa shape index (κ1) is 14.1. The minimum atomic E-state index is 0.470. The second-order valence-electron chi connectivity index (χ2n) is 6.27. The highest BCUT2D eigenvalue weighted by Gasteiger charge is 2.29. The molecule has 0 bridgehead atoms. The van der Waals surface area contributed by atoms with E-state index >= 15 is 0 Å². The van der Waals surface area contributed by atoms with E-state index in [-0.39, 0.29) is 0 Å². The van der Waals surface area contributed by atoms with Crippen LogP contribution in [0.5, 0.6) is 0 Å². The fourth-order valence-electron chi connectivity index (χ4n) is 3.66. The first-order valence-electron chi connectivity index (χ1n) is 8.30.